The molecule has 0 aromatic heterocycles. The summed E-state index contributed by atoms with van der Waals surface area (Å²) in [7, 11) is -4.06. The summed E-state index contributed by atoms with van der Waals surface area (Å²) in [6, 6.07) is 0. The summed E-state index contributed by atoms with van der Waals surface area (Å²) < 4.78 is 29.2. The summed E-state index contributed by atoms with van der Waals surface area (Å²) in [6.45, 7) is 3.27. The number of oxime groups is 1. The molecule has 2 unspecified atom stereocenters. The molecule has 2 atom stereocenters. The van der Waals surface area contributed by atoms with Crippen LogP contribution in [0.1, 0.15) is 33.1 Å². The zero-order valence-electron chi connectivity index (χ0n) is 10.3. The maximum atomic E-state index is 12.1. The number of amides is 1. The van der Waals surface area contributed by atoms with Crippen LogP contribution in [0.25, 0.3) is 0 Å². The monoisotopic (exact) mass is 276 g/mol. The lowest BCUT2D eigenvalue weighted by Crippen LogP contribution is -2.51. The van der Waals surface area contributed by atoms with Gasteiger partial charge < -0.3 is 4.84 Å². The van der Waals surface area contributed by atoms with Gasteiger partial charge in [0.1, 0.15) is 0 Å². The molecule has 1 saturated carbocycles. The summed E-state index contributed by atoms with van der Waals surface area (Å²) >= 11 is 0. The van der Waals surface area contributed by atoms with Crippen LogP contribution in [0.3, 0.4) is 0 Å². The summed E-state index contributed by atoms with van der Waals surface area (Å²) in [5.41, 5.74) is -0.440. The Morgan fingerprint density at radius 1 is 1.67 bits per heavy atom. The van der Waals surface area contributed by atoms with Gasteiger partial charge in [0, 0.05) is 0 Å². The number of carbonyl (C=O) groups excluding carboxylic acids is 1. The average molecular weight is 276 g/mol. The molecule has 8 heteroatoms. The molecular formula is C10H16N2O5S. The molecule has 0 saturated heterocycles. The van der Waals surface area contributed by atoms with E-state index in [1.807, 2.05) is 4.72 Å². The minimum absolute atomic E-state index is 0.0323. The van der Waals surface area contributed by atoms with E-state index in [0.29, 0.717) is 6.42 Å². The molecule has 0 aromatic rings. The van der Waals surface area contributed by atoms with Crippen LogP contribution in [0.2, 0.25) is 0 Å². The highest BCUT2D eigenvalue weighted by Gasteiger charge is 2.57. The third-order valence-electron chi connectivity index (χ3n) is 3.34. The molecule has 0 radical (unpaired) electrons. The van der Waals surface area contributed by atoms with Crippen LogP contribution < -0.4 is 4.72 Å². The van der Waals surface area contributed by atoms with Crippen molar-refractivity contribution in [3.05, 3.63) is 0 Å². The highest BCUT2D eigenvalue weighted by molar-refractivity contribution is 7.85. The van der Waals surface area contributed by atoms with Gasteiger partial charge in [-0.3, -0.25) is 8.98 Å². The number of fused-ring (bicyclic) bond motifs is 1. The van der Waals surface area contributed by atoms with Crippen LogP contribution in [0.5, 0.6) is 0 Å². The van der Waals surface area contributed by atoms with Gasteiger partial charge in [-0.15, -0.1) is 0 Å². The standard InChI is InChI=1S/C10H16N2O5S/c1-3-16-18(14,15)12-9(13)10-6-4-5-8(10)7(2)11-17-10/h8H,3-6H2,1-2H3,(H,12,13). The zero-order chi connectivity index (χ0) is 13.4. The molecule has 7 nitrogen and oxygen atoms in total. The number of hydrogen-bond acceptors (Lipinski definition) is 6. The van der Waals surface area contributed by atoms with E-state index in [1.54, 1.807) is 6.92 Å². The predicted molar refractivity (Wildman–Crippen MR) is 63.0 cm³/mol. The summed E-state index contributed by atoms with van der Waals surface area (Å²) in [5.74, 6) is -0.839. The van der Waals surface area contributed by atoms with Gasteiger partial charge in [0.2, 0.25) is 5.60 Å². The molecule has 2 aliphatic rings. The lowest BCUT2D eigenvalue weighted by Gasteiger charge is -2.24. The van der Waals surface area contributed by atoms with Crippen molar-refractivity contribution in [1.82, 2.24) is 4.72 Å². The second kappa shape index (κ2) is 4.51. The van der Waals surface area contributed by atoms with Crippen LogP contribution >= 0.6 is 0 Å². The van der Waals surface area contributed by atoms with Crippen LogP contribution in [-0.2, 0) is 24.1 Å². The molecule has 1 amide bonds. The first-order valence-corrected chi connectivity index (χ1v) is 7.26. The zero-order valence-corrected chi connectivity index (χ0v) is 11.1. The van der Waals surface area contributed by atoms with Crippen molar-refractivity contribution in [2.45, 2.75) is 38.7 Å². The second-order valence-electron chi connectivity index (χ2n) is 4.45. The summed E-state index contributed by atoms with van der Waals surface area (Å²) in [4.78, 5) is 17.3. The van der Waals surface area contributed by atoms with Gasteiger partial charge in [-0.25, -0.2) is 4.72 Å². The Morgan fingerprint density at radius 3 is 3.06 bits per heavy atom. The number of nitrogens with one attached hydrogen (secondary N) is 1. The second-order valence-corrected chi connectivity index (χ2v) is 5.80. The van der Waals surface area contributed by atoms with Crippen LogP contribution in [0.4, 0.5) is 0 Å². The highest BCUT2D eigenvalue weighted by atomic mass is 32.2. The van der Waals surface area contributed by atoms with Gasteiger partial charge in [0.15, 0.2) is 0 Å². The van der Waals surface area contributed by atoms with Crippen molar-refractivity contribution in [3.63, 3.8) is 0 Å². The average Bonchev–Trinajstić information content (AvgIpc) is 2.80. The predicted octanol–water partition coefficient (Wildman–Crippen LogP) is 0.329. The number of nitrogens with zero attached hydrogens (tertiary/aromatic N) is 1. The van der Waals surface area contributed by atoms with E-state index in [9.17, 15) is 13.2 Å². The van der Waals surface area contributed by atoms with Crippen molar-refractivity contribution in [2.24, 2.45) is 11.1 Å². The largest absolute Gasteiger partial charge is 0.378 e. The molecule has 1 heterocycles. The van der Waals surface area contributed by atoms with Gasteiger partial charge in [-0.1, -0.05) is 5.16 Å². The first kappa shape index (κ1) is 13.3. The molecule has 0 aromatic carbocycles. The lowest BCUT2D eigenvalue weighted by atomic mass is 9.88. The fraction of sp³-hybridized carbons (Fsp3) is 0.800. The first-order chi connectivity index (χ1) is 8.41. The number of hydrogen-bond donors (Lipinski definition) is 1. The van der Waals surface area contributed by atoms with Gasteiger partial charge >= 0.3 is 10.3 Å². The van der Waals surface area contributed by atoms with Crippen molar-refractivity contribution in [1.29, 1.82) is 0 Å². The van der Waals surface area contributed by atoms with E-state index in [4.69, 9.17) is 4.84 Å². The maximum Gasteiger partial charge on any atom is 0.362 e. The molecule has 0 bridgehead atoms. The lowest BCUT2D eigenvalue weighted by molar-refractivity contribution is -0.144. The van der Waals surface area contributed by atoms with Crippen molar-refractivity contribution in [2.75, 3.05) is 6.61 Å². The van der Waals surface area contributed by atoms with E-state index in [1.165, 1.54) is 6.92 Å². The van der Waals surface area contributed by atoms with Crippen molar-refractivity contribution >= 4 is 21.9 Å². The smallest absolute Gasteiger partial charge is 0.362 e. The van der Waals surface area contributed by atoms with Crippen LogP contribution in [0, 0.1) is 5.92 Å². The van der Waals surface area contributed by atoms with Gasteiger partial charge in [-0.2, -0.15) is 8.42 Å². The maximum absolute atomic E-state index is 12.1. The molecule has 18 heavy (non-hydrogen) atoms. The minimum atomic E-state index is -4.06. The van der Waals surface area contributed by atoms with E-state index in [2.05, 4.69) is 9.34 Å². The molecule has 2 rings (SSSR count). The van der Waals surface area contributed by atoms with E-state index in [-0.39, 0.29) is 12.5 Å². The third kappa shape index (κ3) is 2.10. The minimum Gasteiger partial charge on any atom is -0.378 e. The normalized spacial score (nSPS) is 30.6. The molecule has 102 valence electrons. The van der Waals surface area contributed by atoms with Gasteiger partial charge in [0.05, 0.1) is 18.2 Å². The Morgan fingerprint density at radius 2 is 2.39 bits per heavy atom. The van der Waals surface area contributed by atoms with Crippen molar-refractivity contribution in [3.8, 4) is 0 Å². The fourth-order valence-electron chi connectivity index (χ4n) is 2.55. The first-order valence-electron chi connectivity index (χ1n) is 5.85. The van der Waals surface area contributed by atoms with Crippen LogP contribution in [0.15, 0.2) is 5.16 Å². The van der Waals surface area contributed by atoms with E-state index in [0.717, 1.165) is 18.6 Å². The van der Waals surface area contributed by atoms with Gasteiger partial charge in [0.25, 0.3) is 5.91 Å². The molecule has 1 aliphatic heterocycles. The van der Waals surface area contributed by atoms with E-state index < -0.39 is 21.8 Å². The molecule has 1 fully saturated rings. The highest BCUT2D eigenvalue weighted by Crippen LogP contribution is 2.44. The topological polar surface area (TPSA) is 94.1 Å². The molecule has 0 spiro atoms. The number of rotatable bonds is 4. The molecule has 1 N–H and O–H groups in total. The van der Waals surface area contributed by atoms with Gasteiger partial charge in [-0.05, 0) is 33.1 Å². The summed E-state index contributed by atoms with van der Waals surface area (Å²) in [6.07, 6.45) is 2.04. The van der Waals surface area contributed by atoms with Crippen LogP contribution in [-0.4, -0.2) is 32.2 Å². The Labute approximate surface area is 106 Å². The molecular weight excluding hydrogens is 260 g/mol. The Kier molecular flexibility index (Phi) is 3.33. The number of carbonyl (C=O) groups is 1. The third-order valence-corrected chi connectivity index (χ3v) is 4.32. The summed E-state index contributed by atoms with van der Waals surface area (Å²) in [5, 5.41) is 3.81. The molecule has 1 aliphatic carbocycles. The quantitative estimate of drug-likeness (QED) is 0.798. The SMILES string of the molecule is CCOS(=O)(=O)NC(=O)C12CCCC1C(C)=NO2. The Hall–Kier alpha value is -1.15. The Bertz CT molecular complexity index is 486. The van der Waals surface area contributed by atoms with Crippen molar-refractivity contribution < 1.29 is 22.2 Å². The Balaban J connectivity index is 2.15. The fourth-order valence-corrected chi connectivity index (χ4v) is 3.32. The van der Waals surface area contributed by atoms with E-state index >= 15 is 0 Å².